The van der Waals surface area contributed by atoms with E-state index in [1.54, 1.807) is 0 Å². The first-order chi connectivity index (χ1) is 9.43. The van der Waals surface area contributed by atoms with E-state index >= 15 is 0 Å². The Kier molecular flexibility index (Phi) is 4.92. The van der Waals surface area contributed by atoms with E-state index in [-0.39, 0.29) is 0 Å². The van der Waals surface area contributed by atoms with E-state index in [1.165, 1.54) is 5.56 Å². The fraction of sp³-hybridized carbons (Fsp3) is 0.200. The lowest BCUT2D eigenvalue weighted by Gasteiger charge is -2.10. The lowest BCUT2D eigenvalue weighted by molar-refractivity contribution is 0.264. The average molecular weight is 258 g/mol. The topological polar surface area (TPSA) is 73.8 Å². The summed E-state index contributed by atoms with van der Waals surface area (Å²) in [6.45, 7) is 1.47. The van der Waals surface area contributed by atoms with Crippen molar-refractivity contribution in [3.8, 4) is 16.9 Å². The van der Waals surface area contributed by atoms with Crippen molar-refractivity contribution in [3.63, 3.8) is 0 Å². The summed E-state index contributed by atoms with van der Waals surface area (Å²) in [5, 5.41) is 0. The first-order valence-corrected chi connectivity index (χ1v) is 6.16. The minimum atomic E-state index is 0.291. The molecule has 1 aliphatic heterocycles. The molecule has 4 nitrogen and oxygen atoms in total. The molecule has 1 fully saturated rings. The standard InChI is InChI=1S/C15H14O2.H4N2/c1-2-6-12(7-3-1)14-8-4-5-9-15(14)17-11-13-10-16-13;1-2/h1-9,13H,10-11H2;1-2H2. The Labute approximate surface area is 112 Å². The highest BCUT2D eigenvalue weighted by Gasteiger charge is 2.23. The van der Waals surface area contributed by atoms with Crippen molar-refractivity contribution < 1.29 is 9.47 Å². The Morgan fingerprint density at radius 3 is 2.32 bits per heavy atom. The van der Waals surface area contributed by atoms with Crippen LogP contribution in [0.3, 0.4) is 0 Å². The number of para-hydroxylation sites is 1. The van der Waals surface area contributed by atoms with Crippen LogP contribution in [0.4, 0.5) is 0 Å². The zero-order valence-electron chi connectivity index (χ0n) is 10.7. The third-order valence-electron chi connectivity index (χ3n) is 2.80. The molecule has 4 N–H and O–H groups in total. The van der Waals surface area contributed by atoms with Crippen LogP contribution in [0.2, 0.25) is 0 Å². The van der Waals surface area contributed by atoms with Gasteiger partial charge in [0.15, 0.2) is 0 Å². The third-order valence-corrected chi connectivity index (χ3v) is 2.80. The van der Waals surface area contributed by atoms with E-state index in [0.717, 1.165) is 17.9 Å². The molecule has 2 aromatic carbocycles. The Balaban J connectivity index is 0.000000637. The zero-order chi connectivity index (χ0) is 13.5. The number of hydrogen-bond donors (Lipinski definition) is 2. The first-order valence-electron chi connectivity index (χ1n) is 6.16. The highest BCUT2D eigenvalue weighted by Crippen LogP contribution is 2.30. The van der Waals surface area contributed by atoms with E-state index in [1.807, 2.05) is 36.4 Å². The zero-order valence-corrected chi connectivity index (χ0v) is 10.7. The molecule has 1 atom stereocenters. The molecule has 1 aliphatic rings. The number of hydrazine groups is 1. The summed E-state index contributed by atoms with van der Waals surface area (Å²) >= 11 is 0. The van der Waals surface area contributed by atoms with Crippen LogP contribution in [0, 0.1) is 0 Å². The van der Waals surface area contributed by atoms with Crippen LogP contribution in [0.5, 0.6) is 5.75 Å². The molecule has 0 bridgehead atoms. The van der Waals surface area contributed by atoms with Crippen molar-refractivity contribution in [2.75, 3.05) is 13.2 Å². The maximum absolute atomic E-state index is 5.79. The summed E-state index contributed by atoms with van der Waals surface area (Å²) in [6, 6.07) is 18.4. The molecule has 1 heterocycles. The quantitative estimate of drug-likeness (QED) is 0.499. The fourth-order valence-electron chi connectivity index (χ4n) is 1.80. The van der Waals surface area contributed by atoms with Gasteiger partial charge in [0.2, 0.25) is 0 Å². The Bertz CT molecular complexity index is 499. The monoisotopic (exact) mass is 258 g/mol. The number of epoxide rings is 1. The molecule has 19 heavy (non-hydrogen) atoms. The average Bonchev–Trinajstić information content (AvgIpc) is 3.33. The van der Waals surface area contributed by atoms with Crippen molar-refractivity contribution in [3.05, 3.63) is 54.6 Å². The van der Waals surface area contributed by atoms with Gasteiger partial charge in [-0.25, -0.2) is 0 Å². The fourth-order valence-corrected chi connectivity index (χ4v) is 1.80. The maximum Gasteiger partial charge on any atom is 0.127 e. The molecular formula is C15H18N2O2. The molecule has 3 rings (SSSR count). The second kappa shape index (κ2) is 6.89. The molecule has 0 radical (unpaired) electrons. The summed E-state index contributed by atoms with van der Waals surface area (Å²) < 4.78 is 10.9. The molecule has 0 aliphatic carbocycles. The third kappa shape index (κ3) is 3.79. The van der Waals surface area contributed by atoms with Crippen LogP contribution < -0.4 is 16.4 Å². The smallest absolute Gasteiger partial charge is 0.127 e. The van der Waals surface area contributed by atoms with Gasteiger partial charge in [0.1, 0.15) is 18.5 Å². The highest BCUT2D eigenvalue weighted by molar-refractivity contribution is 5.70. The SMILES string of the molecule is NN.c1ccc(-c2ccccc2OCC2CO2)cc1. The van der Waals surface area contributed by atoms with Gasteiger partial charge in [-0.15, -0.1) is 0 Å². The molecule has 4 heteroatoms. The van der Waals surface area contributed by atoms with Crippen molar-refractivity contribution in [2.45, 2.75) is 6.10 Å². The summed E-state index contributed by atoms with van der Waals surface area (Å²) in [5.74, 6) is 8.93. The second-order valence-electron chi connectivity index (χ2n) is 4.13. The Morgan fingerprint density at radius 1 is 1.00 bits per heavy atom. The lowest BCUT2D eigenvalue weighted by atomic mass is 10.1. The van der Waals surface area contributed by atoms with Crippen molar-refractivity contribution in [2.24, 2.45) is 11.7 Å². The molecule has 1 saturated heterocycles. The Morgan fingerprint density at radius 2 is 1.63 bits per heavy atom. The van der Waals surface area contributed by atoms with E-state index in [4.69, 9.17) is 9.47 Å². The molecule has 0 amide bonds. The number of benzene rings is 2. The molecular weight excluding hydrogens is 240 g/mol. The van der Waals surface area contributed by atoms with Gasteiger partial charge in [0, 0.05) is 5.56 Å². The summed E-state index contributed by atoms with van der Waals surface area (Å²) in [5.41, 5.74) is 2.31. The van der Waals surface area contributed by atoms with Crippen molar-refractivity contribution in [1.29, 1.82) is 0 Å². The molecule has 0 saturated carbocycles. The summed E-state index contributed by atoms with van der Waals surface area (Å²) in [6.07, 6.45) is 0.291. The normalized spacial score (nSPS) is 16.2. The van der Waals surface area contributed by atoms with E-state index in [9.17, 15) is 0 Å². The van der Waals surface area contributed by atoms with Gasteiger partial charge in [-0.1, -0.05) is 48.5 Å². The molecule has 0 aromatic heterocycles. The van der Waals surface area contributed by atoms with Gasteiger partial charge in [-0.2, -0.15) is 0 Å². The van der Waals surface area contributed by atoms with E-state index < -0.39 is 0 Å². The van der Waals surface area contributed by atoms with Crippen LogP contribution in [0.1, 0.15) is 0 Å². The highest BCUT2D eigenvalue weighted by atomic mass is 16.6. The van der Waals surface area contributed by atoms with Crippen LogP contribution in [-0.4, -0.2) is 19.3 Å². The van der Waals surface area contributed by atoms with Gasteiger partial charge in [0.05, 0.1) is 6.61 Å². The van der Waals surface area contributed by atoms with E-state index in [0.29, 0.717) is 12.7 Å². The van der Waals surface area contributed by atoms with Gasteiger partial charge in [0.25, 0.3) is 0 Å². The number of rotatable bonds is 4. The van der Waals surface area contributed by atoms with Crippen LogP contribution in [0.25, 0.3) is 11.1 Å². The number of nitrogens with two attached hydrogens (primary N) is 2. The first kappa shape index (κ1) is 13.5. The van der Waals surface area contributed by atoms with Crippen LogP contribution in [0.15, 0.2) is 54.6 Å². The van der Waals surface area contributed by atoms with Crippen LogP contribution in [-0.2, 0) is 4.74 Å². The predicted molar refractivity (Wildman–Crippen MR) is 75.5 cm³/mol. The van der Waals surface area contributed by atoms with Crippen LogP contribution >= 0.6 is 0 Å². The Hall–Kier alpha value is -1.88. The molecule has 0 spiro atoms. The van der Waals surface area contributed by atoms with Gasteiger partial charge < -0.3 is 9.47 Å². The van der Waals surface area contributed by atoms with Gasteiger partial charge >= 0.3 is 0 Å². The van der Waals surface area contributed by atoms with E-state index in [2.05, 4.69) is 29.9 Å². The minimum Gasteiger partial charge on any atom is -0.490 e. The largest absolute Gasteiger partial charge is 0.490 e. The lowest BCUT2D eigenvalue weighted by Crippen LogP contribution is -2.04. The number of hydrogen-bond acceptors (Lipinski definition) is 4. The molecule has 100 valence electrons. The number of ether oxygens (including phenoxy) is 2. The van der Waals surface area contributed by atoms with Crippen molar-refractivity contribution >= 4 is 0 Å². The second-order valence-corrected chi connectivity index (χ2v) is 4.13. The van der Waals surface area contributed by atoms with Crippen molar-refractivity contribution in [1.82, 2.24) is 0 Å². The maximum atomic E-state index is 5.79. The summed E-state index contributed by atoms with van der Waals surface area (Å²) in [4.78, 5) is 0. The molecule has 1 unspecified atom stereocenters. The molecule has 2 aromatic rings. The predicted octanol–water partition coefficient (Wildman–Crippen LogP) is 1.95. The van der Waals surface area contributed by atoms with Gasteiger partial charge in [-0.05, 0) is 11.6 Å². The summed E-state index contributed by atoms with van der Waals surface area (Å²) in [7, 11) is 0. The minimum absolute atomic E-state index is 0.291. The van der Waals surface area contributed by atoms with Gasteiger partial charge in [-0.3, -0.25) is 11.7 Å².